The van der Waals surface area contributed by atoms with Gasteiger partial charge in [0.25, 0.3) is 11.6 Å². The number of imidazole rings is 1. The van der Waals surface area contributed by atoms with Crippen molar-refractivity contribution in [1.29, 1.82) is 0 Å². The first-order valence-electron chi connectivity index (χ1n) is 7.51. The maximum atomic E-state index is 12.2. The molecule has 1 aromatic heterocycles. The van der Waals surface area contributed by atoms with Gasteiger partial charge in [0, 0.05) is 24.2 Å². The number of non-ortho nitro benzene ring substituents is 1. The van der Waals surface area contributed by atoms with E-state index < -0.39 is 4.92 Å². The van der Waals surface area contributed by atoms with Crippen molar-refractivity contribution in [2.45, 2.75) is 13.3 Å². The molecule has 7 heteroatoms. The topological polar surface area (TPSA) is 101 Å². The minimum atomic E-state index is -0.432. The second-order valence-corrected chi connectivity index (χ2v) is 5.48. The van der Waals surface area contributed by atoms with Gasteiger partial charge in [-0.3, -0.25) is 14.9 Å². The zero-order valence-electron chi connectivity index (χ0n) is 13.1. The number of carbonyl (C=O) groups excluding carboxylic acids is 1. The number of carbonyl (C=O) groups is 1. The van der Waals surface area contributed by atoms with Gasteiger partial charge in [-0.15, -0.1) is 0 Å². The molecule has 3 aromatic rings. The number of nitrogens with zero attached hydrogens (tertiary/aromatic N) is 2. The van der Waals surface area contributed by atoms with Gasteiger partial charge in [0.15, 0.2) is 0 Å². The van der Waals surface area contributed by atoms with E-state index in [1.807, 2.05) is 13.0 Å². The normalized spacial score (nSPS) is 10.7. The molecule has 0 atom stereocenters. The summed E-state index contributed by atoms with van der Waals surface area (Å²) >= 11 is 0. The summed E-state index contributed by atoms with van der Waals surface area (Å²) in [6.07, 6.45) is 0.605. The fourth-order valence-electron chi connectivity index (χ4n) is 2.48. The Morgan fingerprint density at radius 1 is 1.25 bits per heavy atom. The molecule has 0 aliphatic rings. The molecule has 2 aromatic carbocycles. The third-order valence-electron chi connectivity index (χ3n) is 3.71. The number of aromatic nitrogens is 2. The van der Waals surface area contributed by atoms with E-state index in [2.05, 4.69) is 15.3 Å². The molecule has 122 valence electrons. The predicted molar refractivity (Wildman–Crippen MR) is 90.0 cm³/mol. The van der Waals surface area contributed by atoms with Crippen LogP contribution in [0.15, 0.2) is 42.5 Å². The number of benzene rings is 2. The molecule has 0 saturated carbocycles. The van der Waals surface area contributed by atoms with Gasteiger partial charge in [-0.05, 0) is 37.1 Å². The summed E-state index contributed by atoms with van der Waals surface area (Å²) in [6, 6.07) is 11.7. The van der Waals surface area contributed by atoms with E-state index in [-0.39, 0.29) is 11.6 Å². The van der Waals surface area contributed by atoms with Crippen molar-refractivity contribution in [3.63, 3.8) is 0 Å². The molecule has 3 rings (SSSR count). The van der Waals surface area contributed by atoms with Crippen LogP contribution in [0.3, 0.4) is 0 Å². The smallest absolute Gasteiger partial charge is 0.269 e. The molecule has 0 bridgehead atoms. The van der Waals surface area contributed by atoms with E-state index in [0.29, 0.717) is 18.5 Å². The van der Waals surface area contributed by atoms with Crippen molar-refractivity contribution in [2.24, 2.45) is 0 Å². The maximum Gasteiger partial charge on any atom is 0.269 e. The highest BCUT2D eigenvalue weighted by Crippen LogP contribution is 2.14. The number of hydrogen-bond donors (Lipinski definition) is 2. The molecule has 1 heterocycles. The first-order chi connectivity index (χ1) is 11.5. The number of nitrogens with one attached hydrogen (secondary N) is 2. The summed E-state index contributed by atoms with van der Waals surface area (Å²) in [7, 11) is 0. The van der Waals surface area contributed by atoms with Crippen molar-refractivity contribution in [3.8, 4) is 0 Å². The molecule has 0 saturated heterocycles. The lowest BCUT2D eigenvalue weighted by atomic mass is 10.1. The fraction of sp³-hybridized carbons (Fsp3) is 0.176. The van der Waals surface area contributed by atoms with Gasteiger partial charge in [0.1, 0.15) is 5.82 Å². The monoisotopic (exact) mass is 324 g/mol. The molecule has 0 radical (unpaired) electrons. The van der Waals surface area contributed by atoms with Crippen molar-refractivity contribution in [3.05, 3.63) is 69.5 Å². The first kappa shape index (κ1) is 15.7. The van der Waals surface area contributed by atoms with Crippen LogP contribution in [0.25, 0.3) is 11.0 Å². The SMILES string of the molecule is Cc1nc2cc(C(=O)NCCc3ccc([N+](=O)[O-])cc3)ccc2[nH]1. The Balaban J connectivity index is 1.59. The van der Waals surface area contributed by atoms with Gasteiger partial charge < -0.3 is 10.3 Å². The van der Waals surface area contributed by atoms with Gasteiger partial charge in [-0.1, -0.05) is 12.1 Å². The second kappa shape index (κ2) is 6.49. The Morgan fingerprint density at radius 2 is 2.00 bits per heavy atom. The minimum absolute atomic E-state index is 0.0605. The third kappa shape index (κ3) is 3.40. The van der Waals surface area contributed by atoms with E-state index >= 15 is 0 Å². The molecule has 0 aliphatic heterocycles. The van der Waals surface area contributed by atoms with Crippen LogP contribution < -0.4 is 5.32 Å². The molecular weight excluding hydrogens is 308 g/mol. The molecule has 0 spiro atoms. The van der Waals surface area contributed by atoms with Crippen LogP contribution in [0.2, 0.25) is 0 Å². The van der Waals surface area contributed by atoms with Gasteiger partial charge in [0.2, 0.25) is 0 Å². The average molecular weight is 324 g/mol. The number of nitro groups is 1. The lowest BCUT2D eigenvalue weighted by Crippen LogP contribution is -2.25. The average Bonchev–Trinajstić information content (AvgIpc) is 2.94. The highest BCUT2D eigenvalue weighted by molar-refractivity contribution is 5.97. The number of amides is 1. The number of fused-ring (bicyclic) bond motifs is 1. The predicted octanol–water partition coefficient (Wildman–Crippen LogP) is 2.75. The Labute approximate surface area is 137 Å². The number of H-pyrrole nitrogens is 1. The molecule has 7 nitrogen and oxygen atoms in total. The van der Waals surface area contributed by atoms with E-state index in [0.717, 1.165) is 22.4 Å². The zero-order valence-corrected chi connectivity index (χ0v) is 13.1. The summed E-state index contributed by atoms with van der Waals surface area (Å²) in [5.74, 6) is 0.639. The maximum absolute atomic E-state index is 12.2. The highest BCUT2D eigenvalue weighted by atomic mass is 16.6. The van der Waals surface area contributed by atoms with E-state index in [4.69, 9.17) is 0 Å². The van der Waals surface area contributed by atoms with E-state index in [9.17, 15) is 14.9 Å². The Hall–Kier alpha value is -3.22. The van der Waals surface area contributed by atoms with Crippen molar-refractivity contribution < 1.29 is 9.72 Å². The highest BCUT2D eigenvalue weighted by Gasteiger charge is 2.08. The largest absolute Gasteiger partial charge is 0.352 e. The van der Waals surface area contributed by atoms with Crippen LogP contribution in [-0.2, 0) is 6.42 Å². The summed E-state index contributed by atoms with van der Waals surface area (Å²) in [5, 5.41) is 13.5. The zero-order chi connectivity index (χ0) is 17.1. The number of rotatable bonds is 5. The molecular formula is C17H16N4O3. The molecule has 1 amide bonds. The Kier molecular flexibility index (Phi) is 4.24. The van der Waals surface area contributed by atoms with Crippen LogP contribution >= 0.6 is 0 Å². The van der Waals surface area contributed by atoms with Crippen molar-refractivity contribution >= 4 is 22.6 Å². The quantitative estimate of drug-likeness (QED) is 0.556. The number of aryl methyl sites for hydroxylation is 1. The second-order valence-electron chi connectivity index (χ2n) is 5.48. The van der Waals surface area contributed by atoms with E-state index in [1.165, 1.54) is 12.1 Å². The summed E-state index contributed by atoms with van der Waals surface area (Å²) in [4.78, 5) is 29.8. The van der Waals surface area contributed by atoms with Gasteiger partial charge >= 0.3 is 0 Å². The fourth-order valence-corrected chi connectivity index (χ4v) is 2.48. The summed E-state index contributed by atoms with van der Waals surface area (Å²) in [5.41, 5.74) is 3.20. The van der Waals surface area contributed by atoms with Crippen LogP contribution in [0.4, 0.5) is 5.69 Å². The van der Waals surface area contributed by atoms with Crippen molar-refractivity contribution in [1.82, 2.24) is 15.3 Å². The molecule has 0 aliphatic carbocycles. The molecule has 24 heavy (non-hydrogen) atoms. The summed E-state index contributed by atoms with van der Waals surface area (Å²) in [6.45, 7) is 2.32. The molecule has 0 fully saturated rings. The van der Waals surface area contributed by atoms with Crippen LogP contribution in [0.1, 0.15) is 21.7 Å². The Bertz CT molecular complexity index is 900. The number of aromatic amines is 1. The van der Waals surface area contributed by atoms with Crippen LogP contribution in [-0.4, -0.2) is 27.3 Å². The van der Waals surface area contributed by atoms with Gasteiger partial charge in [0.05, 0.1) is 16.0 Å². The van der Waals surface area contributed by atoms with Crippen LogP contribution in [0.5, 0.6) is 0 Å². The Morgan fingerprint density at radius 3 is 2.71 bits per heavy atom. The lowest BCUT2D eigenvalue weighted by molar-refractivity contribution is -0.384. The van der Waals surface area contributed by atoms with Gasteiger partial charge in [-0.25, -0.2) is 4.98 Å². The number of nitro benzene ring substituents is 1. The minimum Gasteiger partial charge on any atom is -0.352 e. The third-order valence-corrected chi connectivity index (χ3v) is 3.71. The van der Waals surface area contributed by atoms with E-state index in [1.54, 1.807) is 24.3 Å². The van der Waals surface area contributed by atoms with Crippen molar-refractivity contribution in [2.75, 3.05) is 6.54 Å². The standard InChI is InChI=1S/C17H16N4O3/c1-11-19-15-7-4-13(10-16(15)20-11)17(22)18-9-8-12-2-5-14(6-3-12)21(23)24/h2-7,10H,8-9H2,1H3,(H,18,22)(H,19,20). The summed E-state index contributed by atoms with van der Waals surface area (Å²) < 4.78 is 0. The lowest BCUT2D eigenvalue weighted by Gasteiger charge is -2.05. The molecule has 0 unspecified atom stereocenters. The van der Waals surface area contributed by atoms with Gasteiger partial charge in [-0.2, -0.15) is 0 Å². The van der Waals surface area contributed by atoms with Crippen LogP contribution in [0, 0.1) is 17.0 Å². The molecule has 2 N–H and O–H groups in total. The first-order valence-corrected chi connectivity index (χ1v) is 7.51. The number of hydrogen-bond acceptors (Lipinski definition) is 4.